The molecule has 2 atom stereocenters. The van der Waals surface area contributed by atoms with E-state index in [1.165, 1.54) is 30.1 Å². The second-order valence-corrected chi connectivity index (χ2v) is 21.0. The zero-order chi connectivity index (χ0) is 56.1. The number of aromatic nitrogens is 6. The van der Waals surface area contributed by atoms with Gasteiger partial charge in [-0.3, -0.25) is 39.2 Å². The Labute approximate surface area is 446 Å². The third kappa shape index (κ3) is 13.6. The van der Waals surface area contributed by atoms with Crippen molar-refractivity contribution in [3.05, 3.63) is 130 Å². The Kier molecular flexibility index (Phi) is 16.7. The van der Waals surface area contributed by atoms with Crippen LogP contribution >= 0.6 is 0 Å². The Balaban J connectivity index is 0.000000224. The van der Waals surface area contributed by atoms with Crippen molar-refractivity contribution < 1.29 is 43.0 Å². The van der Waals surface area contributed by atoms with Crippen molar-refractivity contribution >= 4 is 53.1 Å². The van der Waals surface area contributed by atoms with Crippen LogP contribution < -0.4 is 21.9 Å². The number of carbonyl (C=O) groups is 7. The Morgan fingerprint density at radius 1 is 0.584 bits per heavy atom. The van der Waals surface area contributed by atoms with Crippen molar-refractivity contribution in [2.75, 3.05) is 35.0 Å². The SMILES string of the molecule is CC(=O)Nn1c([C@@H]2CCCN2C(=O)OC(C)(C)C)nc(-c2ccc(C(=O)Nc3cc(C)ccn3)cc2)c1C(C)=O.CC(=O)c1c(-c2ccc(C(=O)Nc3cc(C)ccn3)cc2)nc([C@@H]2CCCN2C(=O)OC(C)(C)C)n1N. The molecule has 2 fully saturated rings. The zero-order valence-corrected chi connectivity index (χ0v) is 45.3. The van der Waals surface area contributed by atoms with Gasteiger partial charge in [0.1, 0.15) is 45.6 Å². The molecule has 0 unspecified atom stereocenters. The van der Waals surface area contributed by atoms with Crippen molar-refractivity contribution in [1.29, 1.82) is 0 Å². The monoisotopic (exact) mass is 1050 g/mol. The fraction of sp³-hybridized carbons (Fsp3) is 0.375. The number of amides is 5. The first kappa shape index (κ1) is 56.0. The topological polar surface area (TPSA) is 268 Å². The lowest BCUT2D eigenvalue weighted by Crippen LogP contribution is -2.38. The van der Waals surface area contributed by atoms with Crippen LogP contribution in [0.2, 0.25) is 0 Å². The fourth-order valence-corrected chi connectivity index (χ4v) is 8.97. The van der Waals surface area contributed by atoms with Crippen LogP contribution in [0.15, 0.2) is 85.2 Å². The minimum atomic E-state index is -0.684. The molecule has 21 heteroatoms. The highest BCUT2D eigenvalue weighted by Gasteiger charge is 2.40. The Hall–Kier alpha value is -8.75. The van der Waals surface area contributed by atoms with E-state index in [2.05, 4.69) is 26.0 Å². The van der Waals surface area contributed by atoms with E-state index in [-0.39, 0.29) is 34.8 Å². The van der Waals surface area contributed by atoms with Gasteiger partial charge in [0.2, 0.25) is 5.91 Å². The maximum absolute atomic E-state index is 13.0. The smallest absolute Gasteiger partial charge is 0.410 e. The number of likely N-dealkylation sites (tertiary alicyclic amines) is 2. The summed E-state index contributed by atoms with van der Waals surface area (Å²) in [6.45, 7) is 19.8. The van der Waals surface area contributed by atoms with Gasteiger partial charge in [0, 0.05) is 68.5 Å². The van der Waals surface area contributed by atoms with Gasteiger partial charge in [-0.25, -0.2) is 38.9 Å². The highest BCUT2D eigenvalue weighted by atomic mass is 16.6. The summed E-state index contributed by atoms with van der Waals surface area (Å²) in [6.07, 6.45) is 5.03. The molecular weight excluding hydrogens is 985 g/mol. The number of nitrogen functional groups attached to an aromatic ring is 1. The van der Waals surface area contributed by atoms with Crippen molar-refractivity contribution in [3.63, 3.8) is 0 Å². The Morgan fingerprint density at radius 3 is 1.38 bits per heavy atom. The average Bonchev–Trinajstić information content (AvgIpc) is 4.18. The highest BCUT2D eigenvalue weighted by Crippen LogP contribution is 2.38. The second kappa shape index (κ2) is 23.0. The minimum absolute atomic E-state index is 0.169. The molecule has 2 aliphatic rings. The number of Topliss-reactive ketones (excluding diaryl/α,β-unsaturated/α-hetero) is 2. The number of aryl methyl sites for hydroxylation is 2. The van der Waals surface area contributed by atoms with Crippen LogP contribution in [0.5, 0.6) is 0 Å². The van der Waals surface area contributed by atoms with Crippen LogP contribution in [0.1, 0.15) is 165 Å². The van der Waals surface area contributed by atoms with Gasteiger partial charge in [-0.1, -0.05) is 24.3 Å². The van der Waals surface area contributed by atoms with Crippen LogP contribution in [-0.4, -0.2) is 105 Å². The number of carbonyl (C=O) groups excluding carboxylic acids is 7. The first-order valence-electron chi connectivity index (χ1n) is 25.3. The van der Waals surface area contributed by atoms with E-state index in [0.717, 1.165) is 17.5 Å². The molecule has 5 N–H and O–H groups in total. The van der Waals surface area contributed by atoms with E-state index >= 15 is 0 Å². The lowest BCUT2D eigenvalue weighted by atomic mass is 10.1. The average molecular weight is 1050 g/mol. The fourth-order valence-electron chi connectivity index (χ4n) is 8.97. The number of ether oxygens (including phenoxy) is 2. The van der Waals surface area contributed by atoms with E-state index in [1.54, 1.807) is 104 Å². The van der Waals surface area contributed by atoms with Gasteiger partial charge in [-0.05, 0) is 141 Å². The lowest BCUT2D eigenvalue weighted by Gasteiger charge is -2.28. The molecule has 0 bridgehead atoms. The predicted molar refractivity (Wildman–Crippen MR) is 289 cm³/mol. The zero-order valence-electron chi connectivity index (χ0n) is 45.3. The summed E-state index contributed by atoms with van der Waals surface area (Å²) in [5, 5.41) is 5.55. The van der Waals surface area contributed by atoms with Gasteiger partial charge in [0.15, 0.2) is 23.2 Å². The number of anilines is 2. The van der Waals surface area contributed by atoms with E-state index < -0.39 is 41.4 Å². The van der Waals surface area contributed by atoms with Gasteiger partial charge < -0.3 is 25.9 Å². The maximum Gasteiger partial charge on any atom is 0.410 e. The molecule has 404 valence electrons. The normalized spacial score (nSPS) is 15.3. The molecule has 6 aromatic rings. The standard InChI is InChI=1S/C29H34N6O5.C27H32N6O4/c1-17-13-14-30-23(16-17)31-27(38)21-11-9-20(10-12-21)24-25(18(2)36)35(33-19(3)37)26(32-24)22-8-7-15-34(22)28(39)40-29(4,5)6;1-16-12-13-29-21(15-16)30-25(35)19-10-8-18(9-11-19)22-23(17(2)34)33(28)24(31-22)20-7-6-14-32(20)26(36)37-27(3,4)5/h9-14,16,22H,7-8,15H2,1-6H3,(H,33,37)(H,30,31,38);8-13,15,20H,6-7,14,28H2,1-5H3,(H,29,30,35)/t22-;20-/m00/s1. The summed E-state index contributed by atoms with van der Waals surface area (Å²) in [4.78, 5) is 110. The van der Waals surface area contributed by atoms with Crippen molar-refractivity contribution in [2.45, 2.75) is 125 Å². The first-order valence-corrected chi connectivity index (χ1v) is 25.3. The number of rotatable bonds is 11. The molecular formula is C56H66N12O9. The number of hydrogen-bond acceptors (Lipinski definition) is 14. The summed E-state index contributed by atoms with van der Waals surface area (Å²) in [7, 11) is 0. The maximum atomic E-state index is 13.0. The number of nitrogens with two attached hydrogens (primary N) is 1. The van der Waals surface area contributed by atoms with E-state index in [0.29, 0.717) is 89.3 Å². The van der Waals surface area contributed by atoms with Crippen molar-refractivity contribution in [3.8, 4) is 22.5 Å². The molecule has 2 aromatic carbocycles. The highest BCUT2D eigenvalue weighted by molar-refractivity contribution is 6.05. The number of nitrogens with zero attached hydrogens (tertiary/aromatic N) is 8. The van der Waals surface area contributed by atoms with Gasteiger partial charge in [0.25, 0.3) is 11.8 Å². The molecule has 0 saturated carbocycles. The number of pyridine rings is 2. The summed E-state index contributed by atoms with van der Waals surface area (Å²) >= 11 is 0. The number of nitrogens with one attached hydrogen (secondary N) is 3. The summed E-state index contributed by atoms with van der Waals surface area (Å²) in [5.74, 6) is 6.43. The third-order valence-electron chi connectivity index (χ3n) is 12.3. The Bertz CT molecular complexity index is 3220. The van der Waals surface area contributed by atoms with E-state index in [1.807, 2.05) is 46.8 Å². The summed E-state index contributed by atoms with van der Waals surface area (Å²) < 4.78 is 13.8. The second-order valence-electron chi connectivity index (χ2n) is 21.0. The molecule has 0 aliphatic carbocycles. The van der Waals surface area contributed by atoms with Crippen LogP contribution in [0.25, 0.3) is 22.5 Å². The number of ketones is 2. The minimum Gasteiger partial charge on any atom is -0.444 e. The molecule has 0 radical (unpaired) electrons. The predicted octanol–water partition coefficient (Wildman–Crippen LogP) is 9.36. The van der Waals surface area contributed by atoms with E-state index in [9.17, 15) is 33.6 Å². The third-order valence-corrected chi connectivity index (χ3v) is 12.3. The van der Waals surface area contributed by atoms with Gasteiger partial charge in [-0.2, -0.15) is 0 Å². The van der Waals surface area contributed by atoms with Gasteiger partial charge in [0.05, 0.1) is 12.1 Å². The molecule has 8 rings (SSSR count). The lowest BCUT2D eigenvalue weighted by molar-refractivity contribution is -0.115. The molecule has 2 aliphatic heterocycles. The quantitative estimate of drug-likeness (QED) is 0.0696. The molecule has 2 saturated heterocycles. The molecule has 77 heavy (non-hydrogen) atoms. The van der Waals surface area contributed by atoms with Gasteiger partial charge >= 0.3 is 12.2 Å². The Morgan fingerprint density at radius 2 is 0.987 bits per heavy atom. The summed E-state index contributed by atoms with van der Waals surface area (Å²) in [5.41, 5.74) is 6.48. The molecule has 6 heterocycles. The number of benzene rings is 2. The van der Waals surface area contributed by atoms with Crippen LogP contribution in [0.4, 0.5) is 21.2 Å². The van der Waals surface area contributed by atoms with Gasteiger partial charge in [-0.15, -0.1) is 0 Å². The molecule has 4 aromatic heterocycles. The molecule has 5 amide bonds. The first-order chi connectivity index (χ1) is 36.3. The van der Waals surface area contributed by atoms with Crippen LogP contribution in [0, 0.1) is 13.8 Å². The number of imidazole rings is 2. The van der Waals surface area contributed by atoms with Crippen molar-refractivity contribution in [1.82, 2.24) is 39.1 Å². The number of hydrogen-bond donors (Lipinski definition) is 4. The van der Waals surface area contributed by atoms with Crippen molar-refractivity contribution in [2.24, 2.45) is 0 Å². The molecule has 0 spiro atoms. The van der Waals surface area contributed by atoms with E-state index in [4.69, 9.17) is 25.3 Å². The molecule has 21 nitrogen and oxygen atoms in total. The van der Waals surface area contributed by atoms with Crippen LogP contribution in [-0.2, 0) is 14.3 Å². The summed E-state index contributed by atoms with van der Waals surface area (Å²) in [6, 6.07) is 19.7. The van der Waals surface area contributed by atoms with Crippen LogP contribution in [0.3, 0.4) is 0 Å². The largest absolute Gasteiger partial charge is 0.444 e.